The number of benzene rings is 2. The maximum Gasteiger partial charge on any atom is 0.261 e. The van der Waals surface area contributed by atoms with Crippen molar-refractivity contribution in [3.63, 3.8) is 0 Å². The van der Waals surface area contributed by atoms with Gasteiger partial charge in [-0.3, -0.25) is 4.79 Å². The number of rotatable bonds is 7. The predicted molar refractivity (Wildman–Crippen MR) is 105 cm³/mol. The number of halogens is 1. The van der Waals surface area contributed by atoms with E-state index in [9.17, 15) is 9.18 Å². The van der Waals surface area contributed by atoms with Gasteiger partial charge in [-0.1, -0.05) is 43.2 Å². The van der Waals surface area contributed by atoms with Gasteiger partial charge in [0.1, 0.15) is 11.6 Å². The minimum atomic E-state index is -0.547. The normalized spacial score (nSPS) is 16.3. The molecule has 1 aliphatic rings. The summed E-state index contributed by atoms with van der Waals surface area (Å²) < 4.78 is 19.3. The van der Waals surface area contributed by atoms with E-state index in [1.54, 1.807) is 12.1 Å². The highest BCUT2D eigenvalue weighted by molar-refractivity contribution is 5.81. The van der Waals surface area contributed by atoms with Gasteiger partial charge in [-0.25, -0.2) is 4.39 Å². The average Bonchev–Trinajstić information content (AvgIpc) is 2.59. The molecule has 0 saturated heterocycles. The number of hydrogen-bond acceptors (Lipinski definition) is 2. The van der Waals surface area contributed by atoms with E-state index in [0.717, 1.165) is 29.7 Å². The van der Waals surface area contributed by atoms with Gasteiger partial charge in [-0.05, 0) is 68.4 Å². The van der Waals surface area contributed by atoms with Gasteiger partial charge in [0.25, 0.3) is 5.91 Å². The number of carbonyl (C=O) groups excluding carboxylic acids is 1. The molecule has 4 heteroatoms. The van der Waals surface area contributed by atoms with Gasteiger partial charge in [-0.15, -0.1) is 0 Å². The molecule has 1 amide bonds. The minimum Gasteiger partial charge on any atom is -0.480 e. The fraction of sp³-hybridized carbons (Fsp3) is 0.435. The lowest BCUT2D eigenvalue weighted by Crippen LogP contribution is -2.43. The summed E-state index contributed by atoms with van der Waals surface area (Å²) in [5, 5.41) is 3.17. The predicted octanol–water partition coefficient (Wildman–Crippen LogP) is 5.26. The first kappa shape index (κ1) is 19.4. The Hall–Kier alpha value is -2.36. The zero-order valence-electron chi connectivity index (χ0n) is 16.3. The van der Waals surface area contributed by atoms with Crippen LogP contribution >= 0.6 is 0 Å². The van der Waals surface area contributed by atoms with E-state index in [-0.39, 0.29) is 17.8 Å². The molecule has 1 N–H and O–H groups in total. The van der Waals surface area contributed by atoms with Crippen molar-refractivity contribution >= 4 is 5.91 Å². The molecule has 27 heavy (non-hydrogen) atoms. The van der Waals surface area contributed by atoms with Gasteiger partial charge in [0.15, 0.2) is 6.10 Å². The standard InChI is InChI=1S/C23H28FNO2/c1-4-20(27-21-13-8-15(2)14-16(21)3)23(26)25-22(17-6-5-7-17)18-9-11-19(24)12-10-18/h8-14,17,20,22H,4-7H2,1-3H3,(H,25,26). The van der Waals surface area contributed by atoms with E-state index < -0.39 is 6.10 Å². The third-order valence-electron chi connectivity index (χ3n) is 5.41. The van der Waals surface area contributed by atoms with Gasteiger partial charge < -0.3 is 10.1 Å². The van der Waals surface area contributed by atoms with E-state index in [4.69, 9.17) is 4.74 Å². The number of carbonyl (C=O) groups is 1. The van der Waals surface area contributed by atoms with Gasteiger partial charge in [0.2, 0.25) is 0 Å². The maximum absolute atomic E-state index is 13.3. The molecule has 0 heterocycles. The second-order valence-electron chi connectivity index (χ2n) is 7.51. The van der Waals surface area contributed by atoms with Crippen LogP contribution in [0.25, 0.3) is 0 Å². The van der Waals surface area contributed by atoms with Crippen LogP contribution in [0, 0.1) is 25.6 Å². The maximum atomic E-state index is 13.3. The topological polar surface area (TPSA) is 38.3 Å². The molecule has 2 atom stereocenters. The molecule has 3 rings (SSSR count). The van der Waals surface area contributed by atoms with E-state index in [2.05, 4.69) is 11.4 Å². The molecule has 1 fully saturated rings. The van der Waals surface area contributed by atoms with Crippen molar-refractivity contribution in [2.45, 2.75) is 58.6 Å². The highest BCUT2D eigenvalue weighted by Gasteiger charge is 2.32. The summed E-state index contributed by atoms with van der Waals surface area (Å²) >= 11 is 0. The second-order valence-corrected chi connectivity index (χ2v) is 7.51. The Bertz CT molecular complexity index is 783. The number of ether oxygens (including phenoxy) is 1. The van der Waals surface area contributed by atoms with Crippen LogP contribution in [0.1, 0.15) is 55.3 Å². The molecular weight excluding hydrogens is 341 g/mol. The van der Waals surface area contributed by atoms with Crippen molar-refractivity contribution in [1.29, 1.82) is 0 Å². The number of hydrogen-bond donors (Lipinski definition) is 1. The molecule has 0 aliphatic heterocycles. The fourth-order valence-corrected chi connectivity index (χ4v) is 3.57. The van der Waals surface area contributed by atoms with Crippen LogP contribution in [0.4, 0.5) is 4.39 Å². The first-order valence-corrected chi connectivity index (χ1v) is 9.77. The summed E-state index contributed by atoms with van der Waals surface area (Å²) in [6.07, 6.45) is 3.37. The van der Waals surface area contributed by atoms with Crippen LogP contribution in [-0.2, 0) is 4.79 Å². The van der Waals surface area contributed by atoms with Crippen LogP contribution in [-0.4, -0.2) is 12.0 Å². The zero-order valence-corrected chi connectivity index (χ0v) is 16.3. The first-order chi connectivity index (χ1) is 13.0. The van der Waals surface area contributed by atoms with Crippen molar-refractivity contribution in [1.82, 2.24) is 5.32 Å². The summed E-state index contributed by atoms with van der Waals surface area (Å²) in [7, 11) is 0. The quantitative estimate of drug-likeness (QED) is 0.723. The molecule has 2 aromatic rings. The van der Waals surface area contributed by atoms with Crippen LogP contribution in [0.15, 0.2) is 42.5 Å². The summed E-state index contributed by atoms with van der Waals surface area (Å²) in [6, 6.07) is 12.3. The Morgan fingerprint density at radius 2 is 1.89 bits per heavy atom. The molecule has 0 spiro atoms. The Labute approximate surface area is 160 Å². The van der Waals surface area contributed by atoms with Crippen molar-refractivity contribution in [2.75, 3.05) is 0 Å². The Morgan fingerprint density at radius 3 is 2.44 bits per heavy atom. The highest BCUT2D eigenvalue weighted by Crippen LogP contribution is 2.38. The van der Waals surface area contributed by atoms with Crippen LogP contribution in [0.3, 0.4) is 0 Å². The molecule has 0 radical (unpaired) electrons. The van der Waals surface area contributed by atoms with E-state index in [0.29, 0.717) is 12.3 Å². The summed E-state index contributed by atoms with van der Waals surface area (Å²) in [5.41, 5.74) is 3.14. The van der Waals surface area contributed by atoms with Crippen LogP contribution in [0.2, 0.25) is 0 Å². The number of nitrogens with one attached hydrogen (secondary N) is 1. The lowest BCUT2D eigenvalue weighted by atomic mass is 9.77. The lowest BCUT2D eigenvalue weighted by Gasteiger charge is -2.35. The summed E-state index contributed by atoms with van der Waals surface area (Å²) in [5.74, 6) is 0.767. The van der Waals surface area contributed by atoms with Gasteiger partial charge >= 0.3 is 0 Å². The minimum absolute atomic E-state index is 0.0939. The van der Waals surface area contributed by atoms with Gasteiger partial charge in [-0.2, -0.15) is 0 Å². The van der Waals surface area contributed by atoms with Gasteiger partial charge in [0, 0.05) is 0 Å². The van der Waals surface area contributed by atoms with Crippen LogP contribution in [0.5, 0.6) is 5.75 Å². The SMILES string of the molecule is CCC(Oc1ccc(C)cc1C)C(=O)NC(c1ccc(F)cc1)C1CCC1. The molecular formula is C23H28FNO2. The van der Waals surface area contributed by atoms with Crippen molar-refractivity contribution in [3.05, 3.63) is 65.0 Å². The van der Waals surface area contributed by atoms with Crippen molar-refractivity contribution in [3.8, 4) is 5.75 Å². The second kappa shape index (κ2) is 8.55. The smallest absolute Gasteiger partial charge is 0.261 e. The van der Waals surface area contributed by atoms with E-state index >= 15 is 0 Å². The highest BCUT2D eigenvalue weighted by atomic mass is 19.1. The molecule has 2 aromatic carbocycles. The largest absolute Gasteiger partial charge is 0.480 e. The fourth-order valence-electron chi connectivity index (χ4n) is 3.57. The zero-order chi connectivity index (χ0) is 19.4. The van der Waals surface area contributed by atoms with Crippen molar-refractivity contribution in [2.24, 2.45) is 5.92 Å². The Morgan fingerprint density at radius 1 is 1.19 bits per heavy atom. The van der Waals surface area contributed by atoms with Crippen LogP contribution < -0.4 is 10.1 Å². The summed E-state index contributed by atoms with van der Waals surface area (Å²) in [4.78, 5) is 12.9. The Kier molecular flexibility index (Phi) is 6.15. The first-order valence-electron chi connectivity index (χ1n) is 9.77. The monoisotopic (exact) mass is 369 g/mol. The van der Waals surface area contributed by atoms with E-state index in [1.165, 1.54) is 24.1 Å². The number of amides is 1. The van der Waals surface area contributed by atoms with E-state index in [1.807, 2.05) is 32.9 Å². The molecule has 0 bridgehead atoms. The van der Waals surface area contributed by atoms with Crippen molar-refractivity contribution < 1.29 is 13.9 Å². The number of aryl methyl sites for hydroxylation is 2. The Balaban J connectivity index is 1.73. The third kappa shape index (κ3) is 4.68. The van der Waals surface area contributed by atoms with Gasteiger partial charge in [0.05, 0.1) is 6.04 Å². The third-order valence-corrected chi connectivity index (χ3v) is 5.41. The molecule has 2 unspecified atom stereocenters. The molecule has 3 nitrogen and oxygen atoms in total. The molecule has 144 valence electrons. The molecule has 1 saturated carbocycles. The summed E-state index contributed by atoms with van der Waals surface area (Å²) in [6.45, 7) is 5.97. The lowest BCUT2D eigenvalue weighted by molar-refractivity contribution is -0.129. The molecule has 0 aromatic heterocycles. The molecule has 1 aliphatic carbocycles. The average molecular weight is 369 g/mol.